The maximum atomic E-state index is 12.9. The molecule has 1 aliphatic rings. The second-order valence-electron chi connectivity index (χ2n) is 6.63. The van der Waals surface area contributed by atoms with E-state index in [-0.39, 0.29) is 23.4 Å². The molecule has 1 N–H and O–H groups in total. The van der Waals surface area contributed by atoms with Gasteiger partial charge >= 0.3 is 0 Å². The van der Waals surface area contributed by atoms with Crippen molar-refractivity contribution in [3.8, 4) is 6.19 Å². The molecule has 1 fully saturated rings. The molecule has 2 aromatic carbocycles. The summed E-state index contributed by atoms with van der Waals surface area (Å²) in [6, 6.07) is 15.7. The molecular formula is C23H20N6O2S. The Labute approximate surface area is 190 Å². The Kier molecular flexibility index (Phi) is 7.67. The van der Waals surface area contributed by atoms with Crippen molar-refractivity contribution in [2.75, 3.05) is 4.90 Å². The van der Waals surface area contributed by atoms with Crippen molar-refractivity contribution in [2.45, 2.75) is 18.6 Å². The highest BCUT2D eigenvalue weighted by molar-refractivity contribution is 8.15. The van der Waals surface area contributed by atoms with Gasteiger partial charge in [-0.05, 0) is 49.4 Å². The monoisotopic (exact) mass is 444 g/mol. The fourth-order valence-corrected chi connectivity index (χ4v) is 3.83. The van der Waals surface area contributed by atoms with Crippen molar-refractivity contribution in [2.24, 2.45) is 15.2 Å². The molecule has 0 aromatic heterocycles. The molecular weight excluding hydrogens is 424 g/mol. The van der Waals surface area contributed by atoms with Crippen molar-refractivity contribution >= 4 is 45.8 Å². The molecule has 0 saturated carbocycles. The van der Waals surface area contributed by atoms with E-state index in [0.29, 0.717) is 22.8 Å². The number of para-hydroxylation sites is 1. The molecule has 1 aliphatic heterocycles. The number of rotatable bonds is 6. The van der Waals surface area contributed by atoms with Gasteiger partial charge in [-0.2, -0.15) is 15.5 Å². The number of allylic oxidation sites excluding steroid dienone is 3. The van der Waals surface area contributed by atoms with Crippen LogP contribution in [0.5, 0.6) is 0 Å². The summed E-state index contributed by atoms with van der Waals surface area (Å²) in [5.41, 5.74) is 2.38. The number of nitrogens with one attached hydrogen (secondary N) is 1. The first-order valence-electron chi connectivity index (χ1n) is 9.65. The lowest BCUT2D eigenvalue weighted by molar-refractivity contribution is -0.121. The van der Waals surface area contributed by atoms with E-state index in [9.17, 15) is 9.59 Å². The zero-order valence-electron chi connectivity index (χ0n) is 17.3. The predicted octanol–water partition coefficient (Wildman–Crippen LogP) is 4.98. The van der Waals surface area contributed by atoms with Gasteiger partial charge in [0.05, 0.1) is 22.8 Å². The van der Waals surface area contributed by atoms with E-state index in [1.165, 1.54) is 0 Å². The summed E-state index contributed by atoms with van der Waals surface area (Å²) in [6.45, 7) is 5.41. The smallest absolute Gasteiger partial charge is 0.247 e. The number of azo groups is 1. The third-order valence-corrected chi connectivity index (χ3v) is 5.37. The van der Waals surface area contributed by atoms with Crippen LogP contribution < -0.4 is 10.2 Å². The molecule has 0 spiro atoms. The standard InChI is InChI=1S/C23H20N6O2S/c1-3-7-16(2)27-28-18-10-12-19(13-11-18)29-21(30)14-20(22(29)31)32-23(25-15-24)26-17-8-5-4-6-9-17/h3-13,20H,1,14H2,2H3,(H,25,26)/b16-7+,28-27?. The maximum Gasteiger partial charge on any atom is 0.247 e. The Morgan fingerprint density at radius 3 is 2.56 bits per heavy atom. The van der Waals surface area contributed by atoms with Gasteiger partial charge in [-0.25, -0.2) is 9.89 Å². The highest BCUT2D eigenvalue weighted by Crippen LogP contribution is 2.31. The number of hydrogen-bond acceptors (Lipinski definition) is 7. The summed E-state index contributed by atoms with van der Waals surface area (Å²) >= 11 is 1.06. The van der Waals surface area contributed by atoms with Crippen LogP contribution in [-0.4, -0.2) is 22.2 Å². The molecule has 3 rings (SSSR count). The number of aliphatic imine (C=N–C) groups is 1. The average molecular weight is 445 g/mol. The van der Waals surface area contributed by atoms with Gasteiger partial charge in [0.1, 0.15) is 5.25 Å². The van der Waals surface area contributed by atoms with Gasteiger partial charge in [-0.1, -0.05) is 42.6 Å². The van der Waals surface area contributed by atoms with Gasteiger partial charge in [-0.15, -0.1) is 0 Å². The van der Waals surface area contributed by atoms with Crippen LogP contribution in [-0.2, 0) is 9.59 Å². The molecule has 0 aliphatic carbocycles. The minimum absolute atomic E-state index is 0.0113. The fraction of sp³-hybridized carbons (Fsp3) is 0.130. The van der Waals surface area contributed by atoms with E-state index in [2.05, 4.69) is 27.1 Å². The number of amidine groups is 1. The van der Waals surface area contributed by atoms with E-state index in [1.807, 2.05) is 24.4 Å². The second-order valence-corrected chi connectivity index (χ2v) is 7.82. The lowest BCUT2D eigenvalue weighted by Gasteiger charge is -2.15. The first-order chi connectivity index (χ1) is 15.5. The summed E-state index contributed by atoms with van der Waals surface area (Å²) in [4.78, 5) is 31.0. The molecule has 1 atom stereocenters. The summed E-state index contributed by atoms with van der Waals surface area (Å²) in [7, 11) is 0. The van der Waals surface area contributed by atoms with Crippen LogP contribution in [0, 0.1) is 11.5 Å². The summed E-state index contributed by atoms with van der Waals surface area (Å²) in [5, 5.41) is 19.3. The quantitative estimate of drug-likeness (QED) is 0.128. The zero-order valence-corrected chi connectivity index (χ0v) is 18.1. The average Bonchev–Trinajstić information content (AvgIpc) is 3.06. The highest BCUT2D eigenvalue weighted by atomic mass is 32.2. The molecule has 1 saturated heterocycles. The third kappa shape index (κ3) is 5.77. The van der Waals surface area contributed by atoms with E-state index in [0.717, 1.165) is 16.7 Å². The number of carbonyl (C=O) groups is 2. The van der Waals surface area contributed by atoms with E-state index < -0.39 is 5.25 Å². The lowest BCUT2D eigenvalue weighted by atomic mass is 10.2. The van der Waals surface area contributed by atoms with Crippen molar-refractivity contribution in [1.29, 1.82) is 5.26 Å². The van der Waals surface area contributed by atoms with Crippen LogP contribution in [0.15, 0.2) is 94.2 Å². The number of carbonyl (C=O) groups excluding carboxylic acids is 2. The molecule has 1 unspecified atom stereocenters. The van der Waals surface area contributed by atoms with Crippen LogP contribution >= 0.6 is 11.8 Å². The molecule has 0 radical (unpaired) electrons. The molecule has 32 heavy (non-hydrogen) atoms. The Hall–Kier alpha value is -4.03. The number of benzene rings is 2. The minimum Gasteiger partial charge on any atom is -0.274 e. The van der Waals surface area contributed by atoms with Gasteiger partial charge in [-0.3, -0.25) is 14.9 Å². The molecule has 2 amide bonds. The molecule has 160 valence electrons. The van der Waals surface area contributed by atoms with E-state index in [1.54, 1.807) is 55.5 Å². The Bertz CT molecular complexity index is 1130. The number of nitrogens with zero attached hydrogens (tertiary/aromatic N) is 5. The summed E-state index contributed by atoms with van der Waals surface area (Å²) in [6.07, 6.45) is 5.19. The van der Waals surface area contributed by atoms with E-state index in [4.69, 9.17) is 5.26 Å². The Morgan fingerprint density at radius 1 is 1.19 bits per heavy atom. The third-order valence-electron chi connectivity index (χ3n) is 4.30. The largest absolute Gasteiger partial charge is 0.274 e. The zero-order chi connectivity index (χ0) is 22.9. The number of amides is 2. The van der Waals surface area contributed by atoms with Gasteiger partial charge in [0.25, 0.3) is 0 Å². The van der Waals surface area contributed by atoms with Crippen molar-refractivity contribution in [1.82, 2.24) is 5.32 Å². The first kappa shape index (κ1) is 22.7. The van der Waals surface area contributed by atoms with Crippen LogP contribution in [0.1, 0.15) is 13.3 Å². The maximum absolute atomic E-state index is 12.9. The SMILES string of the molecule is C=C/C=C(\C)N=Nc1ccc(N2C(=O)CC(SC(=Nc3ccccc3)NC#N)C2=O)cc1. The summed E-state index contributed by atoms with van der Waals surface area (Å²) in [5.74, 6) is -0.678. The second kappa shape index (κ2) is 10.8. The molecule has 8 nitrogen and oxygen atoms in total. The lowest BCUT2D eigenvalue weighted by Crippen LogP contribution is -2.32. The van der Waals surface area contributed by atoms with Crippen LogP contribution in [0.2, 0.25) is 0 Å². The fourth-order valence-electron chi connectivity index (χ4n) is 2.86. The number of imide groups is 1. The topological polar surface area (TPSA) is 110 Å². The number of hydrogen-bond donors (Lipinski definition) is 1. The number of thioether (sulfide) groups is 1. The highest BCUT2D eigenvalue weighted by Gasteiger charge is 2.40. The van der Waals surface area contributed by atoms with Crippen LogP contribution in [0.25, 0.3) is 0 Å². The molecule has 1 heterocycles. The predicted molar refractivity (Wildman–Crippen MR) is 126 cm³/mol. The number of anilines is 1. The van der Waals surface area contributed by atoms with Crippen LogP contribution in [0.3, 0.4) is 0 Å². The minimum atomic E-state index is -0.683. The Balaban J connectivity index is 1.74. The van der Waals surface area contributed by atoms with Gasteiger partial charge in [0.2, 0.25) is 11.8 Å². The van der Waals surface area contributed by atoms with Crippen molar-refractivity contribution in [3.63, 3.8) is 0 Å². The van der Waals surface area contributed by atoms with E-state index >= 15 is 0 Å². The van der Waals surface area contributed by atoms with Crippen molar-refractivity contribution in [3.05, 3.63) is 79.0 Å². The Morgan fingerprint density at radius 2 is 1.91 bits per heavy atom. The normalized spacial score (nSPS) is 17.0. The van der Waals surface area contributed by atoms with Gasteiger partial charge < -0.3 is 0 Å². The number of nitriles is 1. The van der Waals surface area contributed by atoms with Gasteiger partial charge in [0.15, 0.2) is 11.4 Å². The molecule has 9 heteroatoms. The van der Waals surface area contributed by atoms with Crippen molar-refractivity contribution < 1.29 is 9.59 Å². The first-order valence-corrected chi connectivity index (χ1v) is 10.5. The van der Waals surface area contributed by atoms with Gasteiger partial charge in [0, 0.05) is 6.42 Å². The molecule has 2 aromatic rings. The molecule has 0 bridgehead atoms. The van der Waals surface area contributed by atoms with Crippen LogP contribution in [0.4, 0.5) is 17.1 Å². The summed E-state index contributed by atoms with van der Waals surface area (Å²) < 4.78 is 0.